The van der Waals surface area contributed by atoms with E-state index < -0.39 is 6.04 Å². The Morgan fingerprint density at radius 2 is 1.76 bits per heavy atom. The summed E-state index contributed by atoms with van der Waals surface area (Å²) >= 11 is 0. The Morgan fingerprint density at radius 3 is 2.33 bits per heavy atom. The van der Waals surface area contributed by atoms with Crippen molar-refractivity contribution in [3.05, 3.63) is 65.2 Å². The van der Waals surface area contributed by atoms with E-state index in [2.05, 4.69) is 5.32 Å². The van der Waals surface area contributed by atoms with E-state index in [0.717, 1.165) is 22.4 Å². The fourth-order valence-electron chi connectivity index (χ4n) is 1.97. The smallest absolute Gasteiger partial charge is 0.241 e. The molecular weight excluding hydrogens is 264 g/mol. The van der Waals surface area contributed by atoms with Crippen LogP contribution in [0.5, 0.6) is 5.75 Å². The van der Waals surface area contributed by atoms with Crippen LogP contribution >= 0.6 is 0 Å². The van der Waals surface area contributed by atoms with Gasteiger partial charge in [-0.1, -0.05) is 42.0 Å². The largest absolute Gasteiger partial charge is 0.497 e. The van der Waals surface area contributed by atoms with Crippen LogP contribution in [0.25, 0.3) is 0 Å². The Hall–Kier alpha value is -2.33. The van der Waals surface area contributed by atoms with E-state index in [1.165, 1.54) is 0 Å². The SMILES string of the molecule is COc1ccc(CNC(=O)C(N)c2ccc(C)cc2)cc1. The van der Waals surface area contributed by atoms with Gasteiger partial charge in [0.15, 0.2) is 0 Å². The molecule has 0 aromatic heterocycles. The molecule has 4 nitrogen and oxygen atoms in total. The number of ether oxygens (including phenoxy) is 1. The molecule has 0 aliphatic rings. The van der Waals surface area contributed by atoms with Crippen molar-refractivity contribution in [1.29, 1.82) is 0 Å². The van der Waals surface area contributed by atoms with E-state index in [9.17, 15) is 4.79 Å². The highest BCUT2D eigenvalue weighted by molar-refractivity contribution is 5.82. The monoisotopic (exact) mass is 284 g/mol. The summed E-state index contributed by atoms with van der Waals surface area (Å²) in [5.41, 5.74) is 8.92. The zero-order chi connectivity index (χ0) is 15.2. The molecule has 1 amide bonds. The van der Waals surface area contributed by atoms with Crippen LogP contribution in [-0.4, -0.2) is 13.0 Å². The van der Waals surface area contributed by atoms with E-state index in [1.54, 1.807) is 7.11 Å². The molecule has 21 heavy (non-hydrogen) atoms. The van der Waals surface area contributed by atoms with Gasteiger partial charge >= 0.3 is 0 Å². The maximum Gasteiger partial charge on any atom is 0.241 e. The van der Waals surface area contributed by atoms with Gasteiger partial charge in [0.25, 0.3) is 0 Å². The highest BCUT2D eigenvalue weighted by atomic mass is 16.5. The summed E-state index contributed by atoms with van der Waals surface area (Å²) in [5, 5.41) is 2.84. The lowest BCUT2D eigenvalue weighted by Crippen LogP contribution is -2.33. The zero-order valence-corrected chi connectivity index (χ0v) is 12.3. The maximum absolute atomic E-state index is 12.1. The number of hydrogen-bond donors (Lipinski definition) is 2. The van der Waals surface area contributed by atoms with Gasteiger partial charge in [0.1, 0.15) is 11.8 Å². The van der Waals surface area contributed by atoms with Gasteiger partial charge in [0, 0.05) is 6.54 Å². The van der Waals surface area contributed by atoms with Crippen LogP contribution in [0.2, 0.25) is 0 Å². The third-order valence-corrected chi connectivity index (χ3v) is 3.34. The van der Waals surface area contributed by atoms with Crippen molar-refractivity contribution < 1.29 is 9.53 Å². The number of carbonyl (C=O) groups excluding carboxylic acids is 1. The first kappa shape index (κ1) is 15.1. The summed E-state index contributed by atoms with van der Waals surface area (Å²) in [6.45, 7) is 2.45. The van der Waals surface area contributed by atoms with Gasteiger partial charge < -0.3 is 15.8 Å². The Morgan fingerprint density at radius 1 is 1.14 bits per heavy atom. The van der Waals surface area contributed by atoms with Crippen molar-refractivity contribution in [3.63, 3.8) is 0 Å². The number of benzene rings is 2. The molecule has 110 valence electrons. The number of nitrogens with two attached hydrogens (primary N) is 1. The molecule has 3 N–H and O–H groups in total. The summed E-state index contributed by atoms with van der Waals surface area (Å²) in [4.78, 5) is 12.1. The van der Waals surface area contributed by atoms with Gasteiger partial charge in [-0.3, -0.25) is 4.79 Å². The van der Waals surface area contributed by atoms with E-state index in [0.29, 0.717) is 6.54 Å². The van der Waals surface area contributed by atoms with Crippen molar-refractivity contribution in [2.45, 2.75) is 19.5 Å². The Balaban J connectivity index is 1.92. The van der Waals surface area contributed by atoms with Crippen LogP contribution in [0.15, 0.2) is 48.5 Å². The maximum atomic E-state index is 12.1. The van der Waals surface area contributed by atoms with Crippen LogP contribution in [0.4, 0.5) is 0 Å². The van der Waals surface area contributed by atoms with Gasteiger partial charge in [-0.25, -0.2) is 0 Å². The van der Waals surface area contributed by atoms with Gasteiger partial charge in [0.2, 0.25) is 5.91 Å². The van der Waals surface area contributed by atoms with Crippen LogP contribution in [0, 0.1) is 6.92 Å². The summed E-state index contributed by atoms with van der Waals surface area (Å²) in [7, 11) is 1.62. The second kappa shape index (κ2) is 6.90. The Bertz CT molecular complexity index is 591. The Labute approximate surface area is 124 Å². The highest BCUT2D eigenvalue weighted by Crippen LogP contribution is 2.13. The summed E-state index contributed by atoms with van der Waals surface area (Å²) in [6.07, 6.45) is 0. The van der Waals surface area contributed by atoms with Crippen LogP contribution in [-0.2, 0) is 11.3 Å². The standard InChI is InChI=1S/C17H20N2O2/c1-12-3-7-14(8-4-12)16(18)17(20)19-11-13-5-9-15(21-2)10-6-13/h3-10,16H,11,18H2,1-2H3,(H,19,20). The highest BCUT2D eigenvalue weighted by Gasteiger charge is 2.14. The quantitative estimate of drug-likeness (QED) is 0.885. The van der Waals surface area contributed by atoms with E-state index in [4.69, 9.17) is 10.5 Å². The van der Waals surface area contributed by atoms with E-state index in [-0.39, 0.29) is 5.91 Å². The minimum Gasteiger partial charge on any atom is -0.497 e. The van der Waals surface area contributed by atoms with Crippen molar-refractivity contribution in [2.24, 2.45) is 5.73 Å². The molecule has 0 aliphatic carbocycles. The summed E-state index contributed by atoms with van der Waals surface area (Å²) in [5.74, 6) is 0.608. The topological polar surface area (TPSA) is 64.3 Å². The predicted molar refractivity (Wildman–Crippen MR) is 82.9 cm³/mol. The lowest BCUT2D eigenvalue weighted by Gasteiger charge is -2.13. The summed E-state index contributed by atoms with van der Waals surface area (Å²) < 4.78 is 5.09. The minimum absolute atomic E-state index is 0.185. The van der Waals surface area contributed by atoms with E-state index >= 15 is 0 Å². The third kappa shape index (κ3) is 4.07. The number of hydrogen-bond acceptors (Lipinski definition) is 3. The first-order chi connectivity index (χ1) is 10.1. The van der Waals surface area contributed by atoms with Crippen LogP contribution in [0.3, 0.4) is 0 Å². The van der Waals surface area contributed by atoms with Gasteiger partial charge in [-0.2, -0.15) is 0 Å². The molecule has 0 fully saturated rings. The molecular formula is C17H20N2O2. The third-order valence-electron chi connectivity index (χ3n) is 3.34. The van der Waals surface area contributed by atoms with Gasteiger partial charge in [-0.05, 0) is 30.2 Å². The first-order valence-electron chi connectivity index (χ1n) is 6.83. The molecule has 0 saturated heterocycles. The fourth-order valence-corrected chi connectivity index (χ4v) is 1.97. The molecule has 2 aromatic rings. The Kier molecular flexibility index (Phi) is 4.95. The lowest BCUT2D eigenvalue weighted by atomic mass is 10.1. The number of amides is 1. The average Bonchev–Trinajstić information content (AvgIpc) is 2.53. The lowest BCUT2D eigenvalue weighted by molar-refractivity contribution is -0.122. The molecule has 0 bridgehead atoms. The fraction of sp³-hybridized carbons (Fsp3) is 0.235. The molecule has 0 saturated carbocycles. The molecule has 0 heterocycles. The molecule has 4 heteroatoms. The average molecular weight is 284 g/mol. The molecule has 1 atom stereocenters. The molecule has 0 radical (unpaired) electrons. The van der Waals surface area contributed by atoms with Crippen molar-refractivity contribution >= 4 is 5.91 Å². The zero-order valence-electron chi connectivity index (χ0n) is 12.3. The van der Waals surface area contributed by atoms with Crippen LogP contribution in [0.1, 0.15) is 22.7 Å². The normalized spacial score (nSPS) is 11.8. The molecule has 2 aromatic carbocycles. The first-order valence-corrected chi connectivity index (χ1v) is 6.83. The second-order valence-corrected chi connectivity index (χ2v) is 4.95. The number of rotatable bonds is 5. The number of carbonyl (C=O) groups is 1. The predicted octanol–water partition coefficient (Wildman–Crippen LogP) is 2.32. The van der Waals surface area contributed by atoms with E-state index in [1.807, 2.05) is 55.5 Å². The van der Waals surface area contributed by atoms with Crippen LogP contribution < -0.4 is 15.8 Å². The van der Waals surface area contributed by atoms with Crippen molar-refractivity contribution in [2.75, 3.05) is 7.11 Å². The second-order valence-electron chi connectivity index (χ2n) is 4.95. The number of nitrogens with one attached hydrogen (secondary N) is 1. The molecule has 1 unspecified atom stereocenters. The minimum atomic E-state index is -0.649. The number of methoxy groups -OCH3 is 1. The molecule has 0 spiro atoms. The molecule has 2 rings (SSSR count). The number of aryl methyl sites for hydroxylation is 1. The van der Waals surface area contributed by atoms with Gasteiger partial charge in [-0.15, -0.1) is 0 Å². The van der Waals surface area contributed by atoms with Crippen molar-refractivity contribution in [3.8, 4) is 5.75 Å². The van der Waals surface area contributed by atoms with Crippen molar-refractivity contribution in [1.82, 2.24) is 5.32 Å². The summed E-state index contributed by atoms with van der Waals surface area (Å²) in [6, 6.07) is 14.6. The molecule has 0 aliphatic heterocycles. The van der Waals surface area contributed by atoms with Gasteiger partial charge in [0.05, 0.1) is 7.11 Å².